The molecule has 0 aliphatic heterocycles. The summed E-state index contributed by atoms with van der Waals surface area (Å²) in [6, 6.07) is 8.64. The Bertz CT molecular complexity index is 1330. The van der Waals surface area contributed by atoms with Crippen LogP contribution in [0.25, 0.3) is 0 Å². The minimum Gasteiger partial charge on any atom is -0.465 e. The third kappa shape index (κ3) is 10.6. The Morgan fingerprint density at radius 3 is 1.52 bits per heavy atom. The number of anilines is 2. The highest BCUT2D eigenvalue weighted by Gasteiger charge is 2.18. The van der Waals surface area contributed by atoms with Gasteiger partial charge in [0.1, 0.15) is 0 Å². The summed E-state index contributed by atoms with van der Waals surface area (Å²) in [6.45, 7) is 5.13. The van der Waals surface area contributed by atoms with Crippen LogP contribution in [0.4, 0.5) is 11.4 Å². The molecule has 12 nitrogen and oxygen atoms in total. The fraction of sp³-hybridized carbons (Fsp3) is 0.407. The topological polar surface area (TPSA) is 165 Å². The van der Waals surface area contributed by atoms with Crippen molar-refractivity contribution in [2.45, 2.75) is 26.7 Å². The minimum absolute atomic E-state index is 0.101. The Kier molecular flexibility index (Phi) is 13.1. The van der Waals surface area contributed by atoms with E-state index in [1.165, 1.54) is 49.5 Å². The van der Waals surface area contributed by atoms with Crippen LogP contribution in [0.2, 0.25) is 0 Å². The zero-order chi connectivity index (χ0) is 30.6. The molecule has 0 aliphatic carbocycles. The number of sulfonamides is 1. The number of nitrogen functional groups attached to an aromatic ring is 1. The van der Waals surface area contributed by atoms with Crippen molar-refractivity contribution in [1.29, 1.82) is 0 Å². The van der Waals surface area contributed by atoms with Gasteiger partial charge in [-0.1, -0.05) is 13.8 Å². The van der Waals surface area contributed by atoms with E-state index in [0.717, 1.165) is 19.1 Å². The first-order valence-electron chi connectivity index (χ1n) is 12.4. The molecule has 0 saturated carbocycles. The fourth-order valence-corrected chi connectivity index (χ4v) is 4.13. The molecule has 3 N–H and O–H groups in total. The van der Waals surface area contributed by atoms with Gasteiger partial charge in [-0.3, -0.25) is 14.3 Å². The normalized spacial score (nSPS) is 10.5. The number of esters is 2. The Morgan fingerprint density at radius 1 is 0.750 bits per heavy atom. The number of hydrogen-bond acceptors (Lipinski definition) is 9. The summed E-state index contributed by atoms with van der Waals surface area (Å²) in [5, 5.41) is 0. The van der Waals surface area contributed by atoms with Crippen molar-refractivity contribution in [3.63, 3.8) is 0 Å². The Balaban J connectivity index is 0.000000408. The monoisotopic (exact) mass is 578 g/mol. The summed E-state index contributed by atoms with van der Waals surface area (Å²) >= 11 is 0. The number of amides is 2. The van der Waals surface area contributed by atoms with Crippen LogP contribution < -0.4 is 10.5 Å². The van der Waals surface area contributed by atoms with Crippen LogP contribution in [-0.4, -0.2) is 89.6 Å². The predicted molar refractivity (Wildman–Crippen MR) is 153 cm³/mol. The number of nitrogens with two attached hydrogens (primary N) is 1. The molecule has 2 aromatic rings. The van der Waals surface area contributed by atoms with E-state index in [1.807, 2.05) is 13.8 Å². The molecule has 13 heteroatoms. The van der Waals surface area contributed by atoms with Gasteiger partial charge in [0.15, 0.2) is 0 Å². The van der Waals surface area contributed by atoms with Crippen molar-refractivity contribution in [2.24, 2.45) is 0 Å². The van der Waals surface area contributed by atoms with E-state index in [0.29, 0.717) is 24.3 Å². The van der Waals surface area contributed by atoms with Crippen molar-refractivity contribution >= 4 is 45.2 Å². The maximum absolute atomic E-state index is 12.3. The van der Waals surface area contributed by atoms with Gasteiger partial charge in [0.05, 0.1) is 37.3 Å². The summed E-state index contributed by atoms with van der Waals surface area (Å²) in [4.78, 5) is 50.6. The average Bonchev–Trinajstić information content (AvgIpc) is 2.90. The molecule has 2 aromatic carbocycles. The molecule has 40 heavy (non-hydrogen) atoms. The molecule has 0 saturated heterocycles. The van der Waals surface area contributed by atoms with E-state index in [9.17, 15) is 27.6 Å². The van der Waals surface area contributed by atoms with Crippen LogP contribution in [0.1, 0.15) is 68.1 Å². The van der Waals surface area contributed by atoms with Crippen LogP contribution in [0.5, 0.6) is 0 Å². The second kappa shape index (κ2) is 15.5. The first kappa shape index (κ1) is 33.9. The van der Waals surface area contributed by atoms with Gasteiger partial charge in [-0.2, -0.15) is 0 Å². The van der Waals surface area contributed by atoms with Crippen molar-refractivity contribution < 1.29 is 37.1 Å². The number of rotatable bonds is 10. The van der Waals surface area contributed by atoms with E-state index in [1.54, 1.807) is 25.1 Å². The number of methoxy groups -OCH3 is 2. The Hall–Kier alpha value is -4.13. The van der Waals surface area contributed by atoms with Gasteiger partial charge in [0, 0.05) is 44.0 Å². The number of carbonyl (C=O) groups excluding carboxylic acids is 4. The number of hydrogen-bond donors (Lipinski definition) is 2. The summed E-state index contributed by atoms with van der Waals surface area (Å²) < 4.78 is 34.2. The van der Waals surface area contributed by atoms with E-state index in [4.69, 9.17) is 5.73 Å². The van der Waals surface area contributed by atoms with Gasteiger partial charge in [-0.25, -0.2) is 18.0 Å². The summed E-state index contributed by atoms with van der Waals surface area (Å²) in [5.74, 6) is -1.61. The number of nitrogens with zero attached hydrogens (tertiary/aromatic N) is 2. The SMILES string of the molecule is CCCN(C)C(=O)c1cc(N)cc(C(=O)OC)c1.CCCN(C)C(=O)c1cc(NS(C)(=O)=O)cc(C(=O)OC)c1. The molecule has 0 fully saturated rings. The van der Waals surface area contributed by atoms with Gasteiger partial charge in [-0.15, -0.1) is 0 Å². The molecule has 0 unspecified atom stereocenters. The van der Waals surface area contributed by atoms with Crippen molar-refractivity contribution in [3.05, 3.63) is 58.7 Å². The molecule has 220 valence electrons. The molecule has 0 aromatic heterocycles. The van der Waals surface area contributed by atoms with Crippen LogP contribution in [0.15, 0.2) is 36.4 Å². The lowest BCUT2D eigenvalue weighted by Gasteiger charge is -2.17. The van der Waals surface area contributed by atoms with Gasteiger partial charge in [-0.05, 0) is 49.2 Å². The fourth-order valence-electron chi connectivity index (χ4n) is 3.59. The Morgan fingerprint density at radius 2 is 1.12 bits per heavy atom. The zero-order valence-corrected chi connectivity index (χ0v) is 24.8. The second-order valence-corrected chi connectivity index (χ2v) is 10.7. The smallest absolute Gasteiger partial charge is 0.337 e. The molecule has 0 spiro atoms. The van der Waals surface area contributed by atoms with E-state index < -0.39 is 22.0 Å². The van der Waals surface area contributed by atoms with Gasteiger partial charge in [0.25, 0.3) is 11.8 Å². The lowest BCUT2D eigenvalue weighted by molar-refractivity contribution is 0.0591. The quantitative estimate of drug-likeness (QED) is 0.318. The first-order chi connectivity index (χ1) is 18.7. The molecule has 2 amide bonds. The van der Waals surface area contributed by atoms with Crippen molar-refractivity contribution in [1.82, 2.24) is 9.80 Å². The lowest BCUT2D eigenvalue weighted by atomic mass is 10.1. The molecule has 0 atom stereocenters. The van der Waals surface area contributed by atoms with Crippen LogP contribution in [0, 0.1) is 0 Å². The van der Waals surface area contributed by atoms with Crippen LogP contribution in [0.3, 0.4) is 0 Å². The third-order valence-corrected chi connectivity index (χ3v) is 5.95. The number of benzene rings is 2. The first-order valence-corrected chi connectivity index (χ1v) is 14.3. The highest BCUT2D eigenvalue weighted by molar-refractivity contribution is 7.92. The molecule has 0 aliphatic rings. The maximum atomic E-state index is 12.3. The number of nitrogens with one attached hydrogen (secondary N) is 1. The van der Waals surface area contributed by atoms with Gasteiger partial charge in [0.2, 0.25) is 10.0 Å². The maximum Gasteiger partial charge on any atom is 0.337 e. The summed E-state index contributed by atoms with van der Waals surface area (Å²) in [6.07, 6.45) is 2.64. The minimum atomic E-state index is -3.53. The zero-order valence-electron chi connectivity index (χ0n) is 23.9. The highest BCUT2D eigenvalue weighted by Crippen LogP contribution is 2.19. The number of carbonyl (C=O) groups is 4. The number of ether oxygens (including phenoxy) is 2. The molecular formula is C27H38N4O8S. The largest absolute Gasteiger partial charge is 0.465 e. The molecular weight excluding hydrogens is 540 g/mol. The lowest BCUT2D eigenvalue weighted by Crippen LogP contribution is -2.27. The average molecular weight is 579 g/mol. The van der Waals surface area contributed by atoms with Gasteiger partial charge < -0.3 is 25.0 Å². The van der Waals surface area contributed by atoms with Crippen LogP contribution in [-0.2, 0) is 19.5 Å². The van der Waals surface area contributed by atoms with Crippen molar-refractivity contribution in [2.75, 3.05) is 58.1 Å². The summed E-state index contributed by atoms with van der Waals surface area (Å²) in [7, 11) is 2.33. The summed E-state index contributed by atoms with van der Waals surface area (Å²) in [5.41, 5.74) is 7.18. The third-order valence-electron chi connectivity index (χ3n) is 5.34. The van der Waals surface area contributed by atoms with Crippen LogP contribution >= 0.6 is 0 Å². The van der Waals surface area contributed by atoms with E-state index in [-0.39, 0.29) is 34.2 Å². The highest BCUT2D eigenvalue weighted by atomic mass is 32.2. The predicted octanol–water partition coefficient (Wildman–Crippen LogP) is 2.86. The van der Waals surface area contributed by atoms with Gasteiger partial charge >= 0.3 is 11.9 Å². The van der Waals surface area contributed by atoms with Crippen molar-refractivity contribution in [3.8, 4) is 0 Å². The standard InChI is InChI=1S/C14H20N2O5S.C13H18N2O3/c1-5-6-16(2)13(17)10-7-11(14(18)21-3)9-12(8-10)15-22(4,19)20;1-4-5-15(2)12(16)9-6-10(13(17)18-3)8-11(14)7-9/h7-9,15H,5-6H2,1-4H3;6-8H,4-5,14H2,1-3H3. The second-order valence-electron chi connectivity index (χ2n) is 8.95. The molecule has 0 radical (unpaired) electrons. The molecule has 0 heterocycles. The van der Waals surface area contributed by atoms with E-state index in [2.05, 4.69) is 14.2 Å². The Labute approximate surface area is 235 Å². The molecule has 2 rings (SSSR count). The molecule has 0 bridgehead atoms. The van der Waals surface area contributed by atoms with E-state index >= 15 is 0 Å².